The molecule has 2 aromatic carbocycles. The Hall–Kier alpha value is -2.83. The summed E-state index contributed by atoms with van der Waals surface area (Å²) in [5.41, 5.74) is -0.0820. The zero-order chi connectivity index (χ0) is 15.9. The van der Waals surface area contributed by atoms with E-state index in [-0.39, 0.29) is 11.4 Å². The van der Waals surface area contributed by atoms with Crippen molar-refractivity contribution in [3.05, 3.63) is 58.4 Å². The van der Waals surface area contributed by atoms with Crippen molar-refractivity contribution in [3.63, 3.8) is 0 Å². The first-order valence-electron chi connectivity index (χ1n) is 6.55. The van der Waals surface area contributed by atoms with Gasteiger partial charge in [-0.15, -0.1) is 0 Å². The summed E-state index contributed by atoms with van der Waals surface area (Å²) in [4.78, 5) is 9.88. The Balaban J connectivity index is 1.82. The molecular weight excluding hydrogens is 291 g/mol. The van der Waals surface area contributed by atoms with Crippen LogP contribution in [0.3, 0.4) is 0 Å². The number of benzene rings is 2. The monoisotopic (exact) mass is 306 g/mol. The van der Waals surface area contributed by atoms with E-state index in [1.54, 1.807) is 31.4 Å². The summed E-state index contributed by atoms with van der Waals surface area (Å²) < 4.78 is 24.1. The van der Waals surface area contributed by atoms with Gasteiger partial charge in [-0.1, -0.05) is 0 Å². The normalized spacial score (nSPS) is 10.1. The lowest BCUT2D eigenvalue weighted by Crippen LogP contribution is -2.12. The molecular formula is C15H15FN2O4. The molecule has 0 saturated carbocycles. The third kappa shape index (κ3) is 4.08. The molecule has 7 heteroatoms. The van der Waals surface area contributed by atoms with Crippen LogP contribution in [0.25, 0.3) is 0 Å². The molecule has 0 aliphatic rings. The van der Waals surface area contributed by atoms with Crippen molar-refractivity contribution >= 4 is 11.4 Å². The first kappa shape index (κ1) is 15.6. The molecule has 6 nitrogen and oxygen atoms in total. The minimum atomic E-state index is -0.668. The molecule has 22 heavy (non-hydrogen) atoms. The first-order chi connectivity index (χ1) is 10.6. The van der Waals surface area contributed by atoms with Crippen LogP contribution >= 0.6 is 0 Å². The largest absolute Gasteiger partial charge is 0.497 e. The Morgan fingerprint density at radius 2 is 1.86 bits per heavy atom. The number of ether oxygens (including phenoxy) is 2. The van der Waals surface area contributed by atoms with Gasteiger partial charge in [-0.2, -0.15) is 0 Å². The highest BCUT2D eigenvalue weighted by molar-refractivity contribution is 5.50. The minimum absolute atomic E-state index is 0.198. The molecule has 0 radical (unpaired) electrons. The Bertz CT molecular complexity index is 646. The number of nitrogens with zero attached hydrogens (tertiary/aromatic N) is 1. The topological polar surface area (TPSA) is 73.6 Å². The van der Waals surface area contributed by atoms with Gasteiger partial charge in [0.25, 0.3) is 5.69 Å². The van der Waals surface area contributed by atoms with Crippen molar-refractivity contribution in [1.82, 2.24) is 0 Å². The van der Waals surface area contributed by atoms with E-state index < -0.39 is 10.7 Å². The Morgan fingerprint density at radius 1 is 1.18 bits per heavy atom. The molecule has 2 rings (SSSR count). The molecule has 116 valence electrons. The number of halogens is 1. The van der Waals surface area contributed by atoms with Crippen LogP contribution < -0.4 is 14.8 Å². The van der Waals surface area contributed by atoms with E-state index in [2.05, 4.69) is 5.32 Å². The van der Waals surface area contributed by atoms with E-state index in [4.69, 9.17) is 9.47 Å². The van der Waals surface area contributed by atoms with Crippen molar-refractivity contribution in [2.24, 2.45) is 0 Å². The van der Waals surface area contributed by atoms with Crippen LogP contribution in [0.2, 0.25) is 0 Å². The molecule has 1 N–H and O–H groups in total. The average Bonchev–Trinajstić information content (AvgIpc) is 2.53. The third-order valence-corrected chi connectivity index (χ3v) is 2.91. The van der Waals surface area contributed by atoms with Crippen LogP contribution in [0.4, 0.5) is 15.8 Å². The van der Waals surface area contributed by atoms with Gasteiger partial charge in [-0.3, -0.25) is 10.1 Å². The van der Waals surface area contributed by atoms with Gasteiger partial charge in [0, 0.05) is 12.6 Å². The maximum atomic E-state index is 13.6. The first-order valence-corrected chi connectivity index (χ1v) is 6.55. The zero-order valence-corrected chi connectivity index (χ0v) is 11.9. The highest BCUT2D eigenvalue weighted by atomic mass is 19.1. The summed E-state index contributed by atoms with van der Waals surface area (Å²) >= 11 is 0. The molecule has 0 heterocycles. The predicted molar refractivity (Wildman–Crippen MR) is 80.0 cm³/mol. The molecule has 0 aliphatic heterocycles. The predicted octanol–water partition coefficient (Wildman–Crippen LogP) is 3.23. The summed E-state index contributed by atoms with van der Waals surface area (Å²) in [5.74, 6) is 0.740. The standard InChI is InChI=1S/C15H15FN2O4/c1-21-12-3-5-13(6-4-12)22-9-8-17-15-7-2-11(18(19)20)10-14(15)16/h2-7,10,17H,8-9H2,1H3. The van der Waals surface area contributed by atoms with E-state index >= 15 is 0 Å². The maximum Gasteiger partial charge on any atom is 0.272 e. The molecule has 0 fully saturated rings. The van der Waals surface area contributed by atoms with Gasteiger partial charge >= 0.3 is 0 Å². The van der Waals surface area contributed by atoms with Crippen molar-refractivity contribution in [1.29, 1.82) is 0 Å². The summed E-state index contributed by atoms with van der Waals surface area (Å²) in [6.07, 6.45) is 0. The van der Waals surface area contributed by atoms with Crippen LogP contribution in [0.15, 0.2) is 42.5 Å². The van der Waals surface area contributed by atoms with E-state index in [9.17, 15) is 14.5 Å². The number of nitrogens with one attached hydrogen (secondary N) is 1. The number of methoxy groups -OCH3 is 1. The quantitative estimate of drug-likeness (QED) is 0.483. The van der Waals surface area contributed by atoms with Crippen LogP contribution in [-0.2, 0) is 0 Å². The molecule has 0 aliphatic carbocycles. The fraction of sp³-hybridized carbons (Fsp3) is 0.200. The fourth-order valence-corrected chi connectivity index (χ4v) is 1.79. The second kappa shape index (κ2) is 7.26. The Morgan fingerprint density at radius 3 is 2.45 bits per heavy atom. The molecule has 2 aromatic rings. The second-order valence-corrected chi connectivity index (χ2v) is 4.37. The summed E-state index contributed by atoms with van der Waals surface area (Å²) in [7, 11) is 1.58. The van der Waals surface area contributed by atoms with E-state index in [0.29, 0.717) is 18.9 Å². The van der Waals surface area contributed by atoms with E-state index in [1.807, 2.05) is 0 Å². The van der Waals surface area contributed by atoms with Gasteiger partial charge in [0.2, 0.25) is 0 Å². The lowest BCUT2D eigenvalue weighted by molar-refractivity contribution is -0.385. The Kier molecular flexibility index (Phi) is 5.13. The molecule has 0 saturated heterocycles. The van der Waals surface area contributed by atoms with Crippen LogP contribution in [0.1, 0.15) is 0 Å². The summed E-state index contributed by atoms with van der Waals surface area (Å²) in [5, 5.41) is 13.3. The van der Waals surface area contributed by atoms with Crippen molar-refractivity contribution in [2.45, 2.75) is 0 Å². The lowest BCUT2D eigenvalue weighted by atomic mass is 10.2. The molecule has 0 bridgehead atoms. The highest BCUT2D eigenvalue weighted by Gasteiger charge is 2.10. The Labute approximate surface area is 126 Å². The molecule has 0 spiro atoms. The zero-order valence-electron chi connectivity index (χ0n) is 11.9. The number of hydrogen-bond acceptors (Lipinski definition) is 5. The van der Waals surface area contributed by atoms with Crippen LogP contribution in [-0.4, -0.2) is 25.2 Å². The van der Waals surface area contributed by atoms with Gasteiger partial charge in [-0.05, 0) is 30.3 Å². The van der Waals surface area contributed by atoms with Gasteiger partial charge in [0.05, 0.1) is 23.8 Å². The molecule has 0 unspecified atom stereocenters. The number of anilines is 1. The smallest absolute Gasteiger partial charge is 0.272 e. The SMILES string of the molecule is COc1ccc(OCCNc2ccc([N+](=O)[O-])cc2F)cc1. The van der Waals surface area contributed by atoms with Crippen LogP contribution in [0.5, 0.6) is 11.5 Å². The fourth-order valence-electron chi connectivity index (χ4n) is 1.79. The number of hydrogen-bond donors (Lipinski definition) is 1. The average molecular weight is 306 g/mol. The van der Waals surface area contributed by atoms with Gasteiger partial charge < -0.3 is 14.8 Å². The molecule has 0 amide bonds. The number of non-ortho nitro benzene ring substituents is 1. The van der Waals surface area contributed by atoms with Crippen molar-refractivity contribution < 1.29 is 18.8 Å². The second-order valence-electron chi connectivity index (χ2n) is 4.37. The molecule has 0 atom stereocenters. The maximum absolute atomic E-state index is 13.6. The minimum Gasteiger partial charge on any atom is -0.497 e. The van der Waals surface area contributed by atoms with E-state index in [1.165, 1.54) is 12.1 Å². The van der Waals surface area contributed by atoms with Gasteiger partial charge in [-0.25, -0.2) is 4.39 Å². The number of nitro groups is 1. The number of rotatable bonds is 7. The third-order valence-electron chi connectivity index (χ3n) is 2.91. The highest BCUT2D eigenvalue weighted by Crippen LogP contribution is 2.20. The van der Waals surface area contributed by atoms with Gasteiger partial charge in [0.1, 0.15) is 18.1 Å². The van der Waals surface area contributed by atoms with E-state index in [0.717, 1.165) is 11.8 Å². The lowest BCUT2D eigenvalue weighted by Gasteiger charge is -2.09. The summed E-state index contributed by atoms with van der Waals surface area (Å²) in [6.45, 7) is 0.684. The number of nitro benzene ring substituents is 1. The molecule has 0 aromatic heterocycles. The van der Waals surface area contributed by atoms with Gasteiger partial charge in [0.15, 0.2) is 5.82 Å². The van der Waals surface area contributed by atoms with Crippen molar-refractivity contribution in [3.8, 4) is 11.5 Å². The van der Waals surface area contributed by atoms with Crippen LogP contribution in [0, 0.1) is 15.9 Å². The van der Waals surface area contributed by atoms with Crippen molar-refractivity contribution in [2.75, 3.05) is 25.6 Å². The summed E-state index contributed by atoms with van der Waals surface area (Å²) in [6, 6.07) is 10.6.